The molecule has 0 atom stereocenters. The standard InChI is InChI=1S/C20H23NO2/c1-23-17-12-9-15(10-13-17)11-14-20(22)21-19-8-4-6-16-5-2-3-7-18(16)19/h4,6,8-10,12-13H,2-3,5,7,11,14H2,1H3,(H,21,22). The molecule has 2 aromatic carbocycles. The molecule has 0 saturated heterocycles. The smallest absolute Gasteiger partial charge is 0.224 e. The largest absolute Gasteiger partial charge is 0.497 e. The Bertz CT molecular complexity index is 677. The second-order valence-electron chi connectivity index (χ2n) is 6.05. The molecular weight excluding hydrogens is 286 g/mol. The second kappa shape index (κ2) is 7.32. The van der Waals surface area contributed by atoms with Gasteiger partial charge >= 0.3 is 0 Å². The molecule has 23 heavy (non-hydrogen) atoms. The molecule has 2 aromatic rings. The second-order valence-corrected chi connectivity index (χ2v) is 6.05. The molecule has 1 aliphatic carbocycles. The van der Waals surface area contributed by atoms with Crippen LogP contribution in [-0.2, 0) is 24.1 Å². The first-order valence-electron chi connectivity index (χ1n) is 8.30. The number of aryl methyl sites for hydroxylation is 2. The fourth-order valence-electron chi connectivity index (χ4n) is 3.16. The average Bonchev–Trinajstić information content (AvgIpc) is 2.61. The molecule has 3 heteroatoms. The van der Waals surface area contributed by atoms with Crippen LogP contribution in [0.5, 0.6) is 5.75 Å². The zero-order valence-corrected chi connectivity index (χ0v) is 13.6. The number of hydrogen-bond acceptors (Lipinski definition) is 2. The lowest BCUT2D eigenvalue weighted by Crippen LogP contribution is -2.15. The van der Waals surface area contributed by atoms with E-state index in [1.807, 2.05) is 36.4 Å². The predicted molar refractivity (Wildman–Crippen MR) is 93.0 cm³/mol. The van der Waals surface area contributed by atoms with E-state index in [-0.39, 0.29) is 5.91 Å². The highest BCUT2D eigenvalue weighted by Gasteiger charge is 2.14. The van der Waals surface area contributed by atoms with Crippen molar-refractivity contribution >= 4 is 11.6 Å². The molecule has 0 bridgehead atoms. The first kappa shape index (κ1) is 15.6. The number of benzene rings is 2. The fourth-order valence-corrected chi connectivity index (χ4v) is 3.16. The van der Waals surface area contributed by atoms with Crippen molar-refractivity contribution in [3.63, 3.8) is 0 Å². The Labute approximate surface area is 137 Å². The first-order chi connectivity index (χ1) is 11.3. The van der Waals surface area contributed by atoms with E-state index in [0.717, 1.165) is 36.3 Å². The number of rotatable bonds is 5. The van der Waals surface area contributed by atoms with Crippen LogP contribution in [-0.4, -0.2) is 13.0 Å². The number of nitrogens with one attached hydrogen (secondary N) is 1. The maximum absolute atomic E-state index is 12.3. The maximum Gasteiger partial charge on any atom is 0.224 e. The quantitative estimate of drug-likeness (QED) is 0.901. The third kappa shape index (κ3) is 3.92. The van der Waals surface area contributed by atoms with E-state index in [1.165, 1.54) is 24.0 Å². The molecule has 1 amide bonds. The minimum absolute atomic E-state index is 0.0831. The maximum atomic E-state index is 12.3. The van der Waals surface area contributed by atoms with Crippen LogP contribution in [0.4, 0.5) is 5.69 Å². The number of hydrogen-bond donors (Lipinski definition) is 1. The molecule has 1 N–H and O–H groups in total. The lowest BCUT2D eigenvalue weighted by Gasteiger charge is -2.19. The lowest BCUT2D eigenvalue weighted by atomic mass is 9.90. The Hall–Kier alpha value is -2.29. The molecule has 0 spiro atoms. The van der Waals surface area contributed by atoms with Gasteiger partial charge in [0.15, 0.2) is 0 Å². The number of fused-ring (bicyclic) bond motifs is 1. The Kier molecular flexibility index (Phi) is 4.96. The highest BCUT2D eigenvalue weighted by Crippen LogP contribution is 2.28. The van der Waals surface area contributed by atoms with Crippen LogP contribution in [0.3, 0.4) is 0 Å². The molecule has 0 aromatic heterocycles. The van der Waals surface area contributed by atoms with Crippen molar-refractivity contribution in [2.75, 3.05) is 12.4 Å². The molecule has 0 aliphatic heterocycles. The summed E-state index contributed by atoms with van der Waals surface area (Å²) >= 11 is 0. The average molecular weight is 309 g/mol. The van der Waals surface area contributed by atoms with Gasteiger partial charge in [-0.1, -0.05) is 24.3 Å². The molecule has 0 saturated carbocycles. The molecular formula is C20H23NO2. The van der Waals surface area contributed by atoms with Gasteiger partial charge in [0, 0.05) is 12.1 Å². The summed E-state index contributed by atoms with van der Waals surface area (Å²) in [6.45, 7) is 0. The van der Waals surface area contributed by atoms with Crippen molar-refractivity contribution < 1.29 is 9.53 Å². The molecule has 3 rings (SSSR count). The fraction of sp³-hybridized carbons (Fsp3) is 0.350. The van der Waals surface area contributed by atoms with Gasteiger partial charge in [-0.25, -0.2) is 0 Å². The van der Waals surface area contributed by atoms with Crippen molar-refractivity contribution in [2.24, 2.45) is 0 Å². The van der Waals surface area contributed by atoms with Gasteiger partial charge in [0.2, 0.25) is 5.91 Å². The zero-order valence-electron chi connectivity index (χ0n) is 13.6. The highest BCUT2D eigenvalue weighted by atomic mass is 16.5. The van der Waals surface area contributed by atoms with E-state index >= 15 is 0 Å². The van der Waals surface area contributed by atoms with Crippen LogP contribution in [0.15, 0.2) is 42.5 Å². The molecule has 3 nitrogen and oxygen atoms in total. The van der Waals surface area contributed by atoms with Crippen LogP contribution < -0.4 is 10.1 Å². The van der Waals surface area contributed by atoms with E-state index in [2.05, 4.69) is 11.4 Å². The van der Waals surface area contributed by atoms with Gasteiger partial charge in [0.25, 0.3) is 0 Å². The van der Waals surface area contributed by atoms with Crippen molar-refractivity contribution in [3.05, 3.63) is 59.2 Å². The van der Waals surface area contributed by atoms with Gasteiger partial charge in [-0.15, -0.1) is 0 Å². The van der Waals surface area contributed by atoms with Crippen LogP contribution in [0.25, 0.3) is 0 Å². The number of carbonyl (C=O) groups excluding carboxylic acids is 1. The van der Waals surface area contributed by atoms with Gasteiger partial charge in [0.05, 0.1) is 7.11 Å². The Morgan fingerprint density at radius 2 is 1.87 bits per heavy atom. The number of ether oxygens (including phenoxy) is 1. The molecule has 0 fully saturated rings. The molecule has 1 aliphatic rings. The van der Waals surface area contributed by atoms with E-state index in [4.69, 9.17) is 4.74 Å². The highest BCUT2D eigenvalue weighted by molar-refractivity contribution is 5.91. The van der Waals surface area contributed by atoms with Gasteiger partial charge in [-0.3, -0.25) is 4.79 Å². The summed E-state index contributed by atoms with van der Waals surface area (Å²) in [5.74, 6) is 0.925. The van der Waals surface area contributed by atoms with Crippen molar-refractivity contribution in [2.45, 2.75) is 38.5 Å². The van der Waals surface area contributed by atoms with Crippen LogP contribution in [0.1, 0.15) is 36.0 Å². The van der Waals surface area contributed by atoms with Crippen molar-refractivity contribution in [1.29, 1.82) is 0 Å². The Morgan fingerprint density at radius 1 is 1.09 bits per heavy atom. The summed E-state index contributed by atoms with van der Waals surface area (Å²) < 4.78 is 5.15. The van der Waals surface area contributed by atoms with Gasteiger partial charge in [-0.05, 0) is 67.0 Å². The van der Waals surface area contributed by atoms with Crippen LogP contribution in [0.2, 0.25) is 0 Å². The Balaban J connectivity index is 1.59. The third-order valence-corrected chi connectivity index (χ3v) is 4.47. The molecule has 0 heterocycles. The summed E-state index contributed by atoms with van der Waals surface area (Å²) in [6.07, 6.45) is 5.91. The summed E-state index contributed by atoms with van der Waals surface area (Å²) in [5.41, 5.74) is 4.87. The SMILES string of the molecule is COc1ccc(CCC(=O)Nc2cccc3c2CCCC3)cc1. The predicted octanol–water partition coefficient (Wildman–Crippen LogP) is 4.15. The van der Waals surface area contributed by atoms with E-state index < -0.39 is 0 Å². The Morgan fingerprint density at radius 3 is 2.65 bits per heavy atom. The summed E-state index contributed by atoms with van der Waals surface area (Å²) in [7, 11) is 1.66. The molecule has 0 unspecified atom stereocenters. The van der Waals surface area contributed by atoms with Gasteiger partial charge < -0.3 is 10.1 Å². The number of amides is 1. The van der Waals surface area contributed by atoms with E-state index in [9.17, 15) is 4.79 Å². The zero-order chi connectivity index (χ0) is 16.1. The summed E-state index contributed by atoms with van der Waals surface area (Å²) in [6, 6.07) is 14.1. The molecule has 0 radical (unpaired) electrons. The van der Waals surface area contributed by atoms with Gasteiger partial charge in [-0.2, -0.15) is 0 Å². The molecule has 120 valence electrons. The topological polar surface area (TPSA) is 38.3 Å². The lowest BCUT2D eigenvalue weighted by molar-refractivity contribution is -0.116. The number of carbonyl (C=O) groups is 1. The van der Waals surface area contributed by atoms with Crippen LogP contribution >= 0.6 is 0 Å². The van der Waals surface area contributed by atoms with Crippen molar-refractivity contribution in [1.82, 2.24) is 0 Å². The summed E-state index contributed by atoms with van der Waals surface area (Å²) in [5, 5.41) is 3.10. The number of anilines is 1. The summed E-state index contributed by atoms with van der Waals surface area (Å²) in [4.78, 5) is 12.3. The minimum Gasteiger partial charge on any atom is -0.497 e. The van der Waals surface area contributed by atoms with Gasteiger partial charge in [0.1, 0.15) is 5.75 Å². The third-order valence-electron chi connectivity index (χ3n) is 4.47. The van der Waals surface area contributed by atoms with E-state index in [1.54, 1.807) is 7.11 Å². The first-order valence-corrected chi connectivity index (χ1v) is 8.30. The number of methoxy groups -OCH3 is 1. The monoisotopic (exact) mass is 309 g/mol. The normalized spacial score (nSPS) is 13.3. The van der Waals surface area contributed by atoms with Crippen molar-refractivity contribution in [3.8, 4) is 5.75 Å². The minimum atomic E-state index is 0.0831. The van der Waals surface area contributed by atoms with E-state index in [0.29, 0.717) is 6.42 Å². The van der Waals surface area contributed by atoms with Crippen LogP contribution in [0, 0.1) is 0 Å².